The number of aromatic nitrogens is 4. The number of carbonyl (C=O) groups is 4. The number of nitrogen functional groups attached to an aromatic ring is 1. The van der Waals surface area contributed by atoms with Gasteiger partial charge < -0.3 is 29.4 Å². The lowest BCUT2D eigenvalue weighted by Gasteiger charge is -2.28. The molecule has 19 heteroatoms. The molecule has 0 aliphatic heterocycles. The minimum absolute atomic E-state index is 0.0112. The van der Waals surface area contributed by atoms with E-state index in [1.165, 1.54) is 35.7 Å². The van der Waals surface area contributed by atoms with Crippen LogP contribution in [0.1, 0.15) is 83.1 Å². The monoisotopic (exact) mass is 768 g/mol. The highest BCUT2D eigenvalue weighted by Crippen LogP contribution is 2.24. The van der Waals surface area contributed by atoms with Crippen LogP contribution in [-0.2, 0) is 23.7 Å². The molecule has 0 aliphatic rings. The number of hydrogen-bond acceptors (Lipinski definition) is 16. The van der Waals surface area contributed by atoms with Crippen molar-refractivity contribution in [3.05, 3.63) is 22.4 Å². The number of imide groups is 1. The second kappa shape index (κ2) is 19.2. The van der Waals surface area contributed by atoms with Gasteiger partial charge in [-0.05, 0) is 95.6 Å². The lowest BCUT2D eigenvalue weighted by molar-refractivity contribution is -0.0294. The van der Waals surface area contributed by atoms with E-state index in [1.54, 1.807) is 89.3 Å². The van der Waals surface area contributed by atoms with Crippen LogP contribution in [0.5, 0.6) is 0 Å². The van der Waals surface area contributed by atoms with Crippen LogP contribution in [0.2, 0.25) is 10.3 Å². The Hall–Kier alpha value is -3.28. The first kappa shape index (κ1) is 45.7. The fraction of sp³-hybridized carbons (Fsp3) is 0.600. The maximum atomic E-state index is 12.5. The molecular weight excluding hydrogens is 723 g/mol. The molecule has 49 heavy (non-hydrogen) atoms. The first-order valence-electron chi connectivity index (χ1n) is 14.4. The molecular formula is C30H46Cl2N6O9S2. The molecule has 276 valence electrons. The van der Waals surface area contributed by atoms with Crippen LogP contribution >= 0.6 is 46.7 Å². The van der Waals surface area contributed by atoms with E-state index in [0.717, 1.165) is 0 Å². The summed E-state index contributed by atoms with van der Waals surface area (Å²) in [5.41, 5.74) is 2.41. The zero-order valence-electron chi connectivity index (χ0n) is 30.2. The van der Waals surface area contributed by atoms with E-state index in [9.17, 15) is 19.2 Å². The number of rotatable bonds is 3. The zero-order chi connectivity index (χ0) is 38.5. The van der Waals surface area contributed by atoms with Crippen LogP contribution in [0.25, 0.3) is 0 Å². The molecule has 2 N–H and O–H groups in total. The highest BCUT2D eigenvalue weighted by atomic mass is 35.5. The van der Waals surface area contributed by atoms with E-state index in [4.69, 9.17) is 47.9 Å². The minimum Gasteiger partial charge on any atom is -0.443 e. The average Bonchev–Trinajstić information content (AvgIpc) is 2.84. The average molecular weight is 770 g/mol. The second-order valence-electron chi connectivity index (χ2n) is 13.5. The van der Waals surface area contributed by atoms with Gasteiger partial charge in [-0.15, -0.1) is 0 Å². The van der Waals surface area contributed by atoms with Gasteiger partial charge in [-0.3, -0.25) is 0 Å². The zero-order valence-corrected chi connectivity index (χ0v) is 33.4. The van der Waals surface area contributed by atoms with Gasteiger partial charge in [0.2, 0.25) is 0 Å². The number of ether oxygens (including phenoxy) is 5. The highest BCUT2D eigenvalue weighted by Gasteiger charge is 2.34. The van der Waals surface area contributed by atoms with Crippen LogP contribution < -0.4 is 10.6 Å². The fourth-order valence-corrected chi connectivity index (χ4v) is 3.81. The van der Waals surface area contributed by atoms with Gasteiger partial charge in [0.25, 0.3) is 0 Å². The molecule has 2 rings (SSSR count). The van der Waals surface area contributed by atoms with Gasteiger partial charge in [-0.25, -0.2) is 39.1 Å². The molecule has 2 aromatic heterocycles. The minimum atomic E-state index is -1.06. The number of carbonyl (C=O) groups excluding carboxylic acids is 4. The van der Waals surface area contributed by atoms with E-state index >= 15 is 0 Å². The summed E-state index contributed by atoms with van der Waals surface area (Å²) in [4.78, 5) is 63.6. The van der Waals surface area contributed by atoms with Crippen molar-refractivity contribution in [3.8, 4) is 0 Å². The summed E-state index contributed by atoms with van der Waals surface area (Å²) in [5.74, 6) is 0.396. The molecule has 0 radical (unpaired) electrons. The Morgan fingerprint density at radius 3 is 1.29 bits per heavy atom. The summed E-state index contributed by atoms with van der Waals surface area (Å²) in [5, 5.41) is 1.40. The number of thioether (sulfide) groups is 2. The SMILES string of the molecule is CC(C)(C)OC(=O)OC(=O)OC(C)(C)C.CSc1nc(Cl)cc(N(C(=O)OC(C)(C)C)C(=O)OC(C)(C)C)n1.CSc1nc(N)cc(Cl)n1. The molecule has 0 unspecified atom stereocenters. The summed E-state index contributed by atoms with van der Waals surface area (Å²) in [6.07, 6.45) is -0.308. The maximum absolute atomic E-state index is 12.5. The summed E-state index contributed by atoms with van der Waals surface area (Å²) in [6.45, 7) is 20.2. The predicted octanol–water partition coefficient (Wildman–Crippen LogP) is 8.84. The fourth-order valence-electron chi connectivity index (χ4n) is 2.58. The first-order chi connectivity index (χ1) is 22.0. The van der Waals surface area contributed by atoms with Gasteiger partial charge in [0.15, 0.2) is 16.1 Å². The van der Waals surface area contributed by atoms with Crippen LogP contribution in [0.3, 0.4) is 0 Å². The summed E-state index contributed by atoms with van der Waals surface area (Å²) >= 11 is 14.2. The molecule has 0 aromatic carbocycles. The predicted molar refractivity (Wildman–Crippen MR) is 191 cm³/mol. The van der Waals surface area contributed by atoms with Crippen molar-refractivity contribution < 1.29 is 42.9 Å². The third kappa shape index (κ3) is 22.1. The molecule has 0 saturated carbocycles. The number of halogens is 2. The third-order valence-corrected chi connectivity index (χ3v) is 5.53. The summed E-state index contributed by atoms with van der Waals surface area (Å²) in [6, 6.07) is 2.82. The Labute approximate surface area is 306 Å². The summed E-state index contributed by atoms with van der Waals surface area (Å²) in [7, 11) is 0. The highest BCUT2D eigenvalue weighted by molar-refractivity contribution is 7.98. The van der Waals surface area contributed by atoms with Crippen molar-refractivity contribution in [2.75, 3.05) is 23.1 Å². The van der Waals surface area contributed by atoms with Crippen LogP contribution in [0.4, 0.5) is 30.8 Å². The van der Waals surface area contributed by atoms with Gasteiger partial charge in [0.05, 0.1) is 0 Å². The van der Waals surface area contributed by atoms with E-state index < -0.39 is 46.9 Å². The van der Waals surface area contributed by atoms with Crippen molar-refractivity contribution >= 4 is 82.9 Å². The van der Waals surface area contributed by atoms with Crippen molar-refractivity contribution in [2.45, 2.75) is 116 Å². The van der Waals surface area contributed by atoms with E-state index in [1.807, 2.05) is 6.26 Å². The summed E-state index contributed by atoms with van der Waals surface area (Å²) < 4.78 is 24.4. The van der Waals surface area contributed by atoms with Gasteiger partial charge >= 0.3 is 24.5 Å². The van der Waals surface area contributed by atoms with E-state index in [0.29, 0.717) is 26.2 Å². The Morgan fingerprint density at radius 1 is 0.612 bits per heavy atom. The second-order valence-corrected chi connectivity index (χ2v) is 15.8. The molecule has 2 aromatic rings. The number of nitrogens with two attached hydrogens (primary N) is 1. The number of anilines is 2. The third-order valence-electron chi connectivity index (χ3n) is 4.05. The largest absolute Gasteiger partial charge is 0.519 e. The lowest BCUT2D eigenvalue weighted by Crippen LogP contribution is -2.44. The molecule has 0 fully saturated rings. The van der Waals surface area contributed by atoms with Gasteiger partial charge in [-0.1, -0.05) is 46.7 Å². The molecule has 0 aliphatic carbocycles. The van der Waals surface area contributed by atoms with Gasteiger partial charge in [-0.2, -0.15) is 4.90 Å². The molecule has 0 atom stereocenters. The molecule has 0 saturated heterocycles. The van der Waals surface area contributed by atoms with Crippen molar-refractivity contribution in [2.24, 2.45) is 0 Å². The molecule has 2 heterocycles. The number of hydrogen-bond donors (Lipinski definition) is 1. The van der Waals surface area contributed by atoms with E-state index in [-0.39, 0.29) is 11.0 Å². The maximum Gasteiger partial charge on any atom is 0.519 e. The quantitative estimate of drug-likeness (QED) is 0.0775. The topological polar surface area (TPSA) is 195 Å². The lowest BCUT2D eigenvalue weighted by atomic mass is 10.2. The van der Waals surface area contributed by atoms with Crippen LogP contribution in [0.15, 0.2) is 22.4 Å². The Bertz CT molecular complexity index is 1370. The standard InChI is InChI=1S/C15H22ClN3O4S.C10H18O5.C5H6ClN3S/c1-14(2,3)22-12(20)19(13(21)23-15(4,5)6)10-8-9(16)17-11(18-10)24-7;1-9(2,3)14-7(11)13-8(12)15-10(4,5)6;1-10-5-8-3(6)2-4(7)9-5/h8H,1-7H3;1-6H3;2H,1H3,(H2,7,8,9). The first-order valence-corrected chi connectivity index (χ1v) is 17.6. The van der Waals surface area contributed by atoms with Crippen molar-refractivity contribution in [1.82, 2.24) is 19.9 Å². The van der Waals surface area contributed by atoms with Crippen molar-refractivity contribution in [1.29, 1.82) is 0 Å². The normalized spacial score (nSPS) is 11.4. The van der Waals surface area contributed by atoms with E-state index in [2.05, 4.69) is 24.7 Å². The molecule has 0 bridgehead atoms. The smallest absolute Gasteiger partial charge is 0.443 e. The van der Waals surface area contributed by atoms with Crippen molar-refractivity contribution in [3.63, 3.8) is 0 Å². The van der Waals surface area contributed by atoms with Crippen LogP contribution in [0, 0.1) is 0 Å². The molecule has 2 amide bonds. The van der Waals surface area contributed by atoms with Crippen LogP contribution in [-0.4, -0.2) is 79.3 Å². The number of amides is 2. The Kier molecular flexibility index (Phi) is 17.9. The van der Waals surface area contributed by atoms with Gasteiger partial charge in [0, 0.05) is 12.1 Å². The Balaban J connectivity index is 0.000000782. The molecule has 0 spiro atoms. The Morgan fingerprint density at radius 2 is 0.959 bits per heavy atom. The molecule has 15 nitrogen and oxygen atoms in total. The van der Waals surface area contributed by atoms with Gasteiger partial charge in [0.1, 0.15) is 38.5 Å². The number of nitrogens with zero attached hydrogens (tertiary/aromatic N) is 5.